The van der Waals surface area contributed by atoms with Crippen LogP contribution in [-0.2, 0) is 0 Å². The van der Waals surface area contributed by atoms with Gasteiger partial charge in [-0.25, -0.2) is 15.4 Å². The molecule has 13 heavy (non-hydrogen) atoms. The van der Waals surface area contributed by atoms with Crippen LogP contribution in [0.15, 0.2) is 24.3 Å². The van der Waals surface area contributed by atoms with Crippen LogP contribution in [0.1, 0.15) is 18.2 Å². The normalized spacial score (nSPS) is 12.1. The van der Waals surface area contributed by atoms with Crippen LogP contribution >= 0.6 is 0 Å². The second kappa shape index (κ2) is 4.56. The average molecular weight is 181 g/mol. The van der Waals surface area contributed by atoms with Crippen molar-refractivity contribution in [2.75, 3.05) is 6.54 Å². The molecule has 0 heterocycles. The minimum atomic E-state index is -1.23. The van der Waals surface area contributed by atoms with Gasteiger partial charge in [0.2, 0.25) is 6.54 Å². The maximum atomic E-state index is 13.2. The summed E-state index contributed by atoms with van der Waals surface area (Å²) in [5, 5.41) is 0. The van der Waals surface area contributed by atoms with Gasteiger partial charge in [-0.2, -0.15) is 0 Å². The van der Waals surface area contributed by atoms with E-state index < -0.39 is 12.0 Å². The van der Waals surface area contributed by atoms with E-state index in [0.717, 1.165) is 6.07 Å². The van der Waals surface area contributed by atoms with Crippen LogP contribution < -0.4 is 0 Å². The Hall–Kier alpha value is -1.43. The van der Waals surface area contributed by atoms with Crippen molar-refractivity contribution in [3.05, 3.63) is 47.1 Å². The summed E-state index contributed by atoms with van der Waals surface area (Å²) in [7, 11) is 0. The van der Waals surface area contributed by atoms with Crippen molar-refractivity contribution in [2.24, 2.45) is 0 Å². The molecule has 0 amide bonds. The van der Waals surface area contributed by atoms with Crippen LogP contribution in [0.5, 0.6) is 0 Å². The summed E-state index contributed by atoms with van der Waals surface area (Å²) < 4.78 is 25.8. The molecule has 1 rings (SSSR count). The van der Waals surface area contributed by atoms with Crippen molar-refractivity contribution >= 4 is 0 Å². The largest absolute Gasteiger partial charge is 0.317 e. The summed E-state index contributed by atoms with van der Waals surface area (Å²) in [5.74, 6) is -0.442. The average Bonchev–Trinajstić information content (AvgIpc) is 2.14. The van der Waals surface area contributed by atoms with Gasteiger partial charge in [-0.1, -0.05) is 12.1 Å². The van der Waals surface area contributed by atoms with Crippen molar-refractivity contribution in [1.29, 1.82) is 0 Å². The van der Waals surface area contributed by atoms with Crippen LogP contribution in [0, 0.1) is 12.4 Å². The van der Waals surface area contributed by atoms with E-state index in [1.54, 1.807) is 0 Å². The molecule has 0 aliphatic heterocycles. The standard InChI is InChI=1S/C10H9F2N/c1-13-6-5-10(12)8-3-2-4-9(11)7-8/h2-4,7,10H,5-6H2. The number of alkyl halides is 1. The molecule has 1 atom stereocenters. The molecule has 0 aromatic heterocycles. The molecule has 1 nitrogen and oxygen atoms in total. The lowest BCUT2D eigenvalue weighted by Gasteiger charge is -2.04. The molecule has 1 aromatic rings. The number of hydrogen-bond acceptors (Lipinski definition) is 0. The summed E-state index contributed by atoms with van der Waals surface area (Å²) in [4.78, 5) is 3.04. The van der Waals surface area contributed by atoms with E-state index >= 15 is 0 Å². The van der Waals surface area contributed by atoms with Crippen molar-refractivity contribution in [3.8, 4) is 0 Å². The topological polar surface area (TPSA) is 4.36 Å². The molecule has 0 saturated heterocycles. The second-order valence-corrected chi connectivity index (χ2v) is 2.69. The first-order valence-corrected chi connectivity index (χ1v) is 3.97. The summed E-state index contributed by atoms with van der Waals surface area (Å²) in [6.45, 7) is 6.62. The van der Waals surface area contributed by atoms with Crippen LogP contribution in [0.4, 0.5) is 8.78 Å². The number of hydrogen-bond donors (Lipinski definition) is 0. The van der Waals surface area contributed by atoms with Crippen molar-refractivity contribution in [1.82, 2.24) is 0 Å². The summed E-state index contributed by atoms with van der Waals surface area (Å²) >= 11 is 0. The maximum absolute atomic E-state index is 13.2. The van der Waals surface area contributed by atoms with Crippen LogP contribution in [0.3, 0.4) is 0 Å². The van der Waals surface area contributed by atoms with E-state index in [-0.39, 0.29) is 13.0 Å². The molecule has 68 valence electrons. The van der Waals surface area contributed by atoms with E-state index in [4.69, 9.17) is 6.57 Å². The molecule has 3 heteroatoms. The summed E-state index contributed by atoms with van der Waals surface area (Å²) in [6, 6.07) is 5.42. The SMILES string of the molecule is [C-]#[N+]CCC(F)c1cccc(F)c1. The van der Waals surface area contributed by atoms with Gasteiger partial charge in [-0.15, -0.1) is 0 Å². The zero-order chi connectivity index (χ0) is 9.68. The smallest absolute Gasteiger partial charge is 0.217 e. The Bertz CT molecular complexity index is 317. The first kappa shape index (κ1) is 9.66. The van der Waals surface area contributed by atoms with Gasteiger partial charge >= 0.3 is 0 Å². The Morgan fingerprint density at radius 3 is 2.85 bits per heavy atom. The fourth-order valence-electron chi connectivity index (χ4n) is 1.05. The summed E-state index contributed by atoms with van der Waals surface area (Å²) in [6.07, 6.45) is -1.10. The van der Waals surface area contributed by atoms with Crippen LogP contribution in [-0.4, -0.2) is 6.54 Å². The second-order valence-electron chi connectivity index (χ2n) is 2.69. The van der Waals surface area contributed by atoms with Crippen LogP contribution in [0.2, 0.25) is 0 Å². The highest BCUT2D eigenvalue weighted by Gasteiger charge is 2.10. The zero-order valence-corrected chi connectivity index (χ0v) is 7.00. The third-order valence-electron chi connectivity index (χ3n) is 1.70. The van der Waals surface area contributed by atoms with Gasteiger partial charge in [0.1, 0.15) is 12.0 Å². The number of benzene rings is 1. The molecule has 0 radical (unpaired) electrons. The maximum Gasteiger partial charge on any atom is 0.217 e. The van der Waals surface area contributed by atoms with Gasteiger partial charge in [0.25, 0.3) is 0 Å². The van der Waals surface area contributed by atoms with E-state index in [2.05, 4.69) is 4.85 Å². The van der Waals surface area contributed by atoms with Crippen molar-refractivity contribution in [3.63, 3.8) is 0 Å². The Labute approximate surface area is 75.8 Å². The Kier molecular flexibility index (Phi) is 3.39. The van der Waals surface area contributed by atoms with E-state index in [1.807, 2.05) is 0 Å². The monoisotopic (exact) mass is 181 g/mol. The van der Waals surface area contributed by atoms with E-state index in [9.17, 15) is 8.78 Å². The van der Waals surface area contributed by atoms with Gasteiger partial charge in [0.15, 0.2) is 0 Å². The van der Waals surface area contributed by atoms with E-state index in [0.29, 0.717) is 5.56 Å². The predicted molar refractivity (Wildman–Crippen MR) is 46.3 cm³/mol. The molecule has 0 saturated carbocycles. The van der Waals surface area contributed by atoms with Gasteiger partial charge in [0.05, 0.1) is 6.42 Å². The van der Waals surface area contributed by atoms with Crippen molar-refractivity contribution < 1.29 is 8.78 Å². The third-order valence-corrected chi connectivity index (χ3v) is 1.70. The first-order valence-electron chi connectivity index (χ1n) is 3.97. The minimum absolute atomic E-state index is 0.132. The molecule has 1 unspecified atom stereocenters. The molecular formula is C10H9F2N. The molecule has 0 fully saturated rings. The molecule has 0 aliphatic carbocycles. The van der Waals surface area contributed by atoms with Crippen LogP contribution in [0.25, 0.3) is 4.85 Å². The van der Waals surface area contributed by atoms with Gasteiger partial charge in [0, 0.05) is 0 Å². The molecule has 0 spiro atoms. The minimum Gasteiger partial charge on any atom is -0.317 e. The molecule has 0 bridgehead atoms. The predicted octanol–water partition coefficient (Wildman–Crippen LogP) is 3.15. The Balaban J connectivity index is 2.66. The highest BCUT2D eigenvalue weighted by molar-refractivity contribution is 5.18. The Morgan fingerprint density at radius 1 is 1.46 bits per heavy atom. The molecule has 0 N–H and O–H groups in total. The quantitative estimate of drug-likeness (QED) is 0.631. The van der Waals surface area contributed by atoms with Crippen molar-refractivity contribution in [2.45, 2.75) is 12.6 Å². The van der Waals surface area contributed by atoms with E-state index in [1.165, 1.54) is 18.2 Å². The third kappa shape index (κ3) is 2.83. The number of rotatable bonds is 3. The first-order chi connectivity index (χ1) is 6.24. The van der Waals surface area contributed by atoms with Gasteiger partial charge in [-0.05, 0) is 17.7 Å². The fourth-order valence-corrected chi connectivity index (χ4v) is 1.05. The molecule has 1 aromatic carbocycles. The number of nitrogens with zero attached hydrogens (tertiary/aromatic N) is 1. The number of halogens is 2. The molecule has 0 aliphatic rings. The summed E-state index contributed by atoms with van der Waals surface area (Å²) in [5.41, 5.74) is 0.309. The molecular weight excluding hydrogens is 172 g/mol. The van der Waals surface area contributed by atoms with Gasteiger partial charge < -0.3 is 4.85 Å². The zero-order valence-electron chi connectivity index (χ0n) is 7.00. The Morgan fingerprint density at radius 2 is 2.23 bits per heavy atom. The lowest BCUT2D eigenvalue weighted by Crippen LogP contribution is -1.93. The fraction of sp³-hybridized carbons (Fsp3) is 0.300. The highest BCUT2D eigenvalue weighted by atomic mass is 19.1. The lowest BCUT2D eigenvalue weighted by atomic mass is 10.1. The highest BCUT2D eigenvalue weighted by Crippen LogP contribution is 2.21. The lowest BCUT2D eigenvalue weighted by molar-refractivity contribution is 0.331. The van der Waals surface area contributed by atoms with Gasteiger partial charge in [-0.3, -0.25) is 0 Å².